The van der Waals surface area contributed by atoms with Crippen molar-refractivity contribution in [1.29, 1.82) is 0 Å². The molecule has 5 nitrogen and oxygen atoms in total. The van der Waals surface area contributed by atoms with Crippen LogP contribution < -0.4 is 15.8 Å². The highest BCUT2D eigenvalue weighted by atomic mass is 32.2. The van der Waals surface area contributed by atoms with E-state index in [0.29, 0.717) is 22.9 Å². The minimum Gasteiger partial charge on any atom is -0.457 e. The van der Waals surface area contributed by atoms with E-state index in [0.717, 1.165) is 4.90 Å². The van der Waals surface area contributed by atoms with Crippen LogP contribution in [0.4, 0.5) is 11.4 Å². The number of nitrogens with zero attached hydrogens (tertiary/aromatic N) is 1. The van der Waals surface area contributed by atoms with Gasteiger partial charge in [-0.1, -0.05) is 32.0 Å². The highest BCUT2D eigenvalue weighted by molar-refractivity contribution is 7.98. The number of amides is 1. The molecule has 1 amide bonds. The predicted molar refractivity (Wildman–Crippen MR) is 113 cm³/mol. The third-order valence-corrected chi connectivity index (χ3v) is 4.23. The second-order valence-corrected chi connectivity index (χ2v) is 6.05. The van der Waals surface area contributed by atoms with E-state index in [1.165, 1.54) is 0 Å². The van der Waals surface area contributed by atoms with Gasteiger partial charge in [-0.05, 0) is 42.7 Å². The molecule has 140 valence electrons. The lowest BCUT2D eigenvalue weighted by molar-refractivity contribution is 0.102. The molecule has 0 aliphatic rings. The molecule has 0 bridgehead atoms. The monoisotopic (exact) mass is 381 g/mol. The lowest BCUT2D eigenvalue weighted by Gasteiger charge is -2.10. The van der Waals surface area contributed by atoms with Gasteiger partial charge < -0.3 is 15.8 Å². The maximum atomic E-state index is 12.3. The van der Waals surface area contributed by atoms with Crippen molar-refractivity contribution in [3.63, 3.8) is 0 Å². The molecule has 2 aromatic carbocycles. The Balaban J connectivity index is 0.00000126. The predicted octanol–water partition coefficient (Wildman–Crippen LogP) is 5.46. The number of carbonyl (C=O) groups is 1. The van der Waals surface area contributed by atoms with Crippen LogP contribution >= 0.6 is 11.8 Å². The zero-order valence-corrected chi connectivity index (χ0v) is 16.4. The van der Waals surface area contributed by atoms with Gasteiger partial charge in [0.2, 0.25) is 0 Å². The second-order valence-electron chi connectivity index (χ2n) is 5.20. The molecule has 1 aromatic heterocycles. The summed E-state index contributed by atoms with van der Waals surface area (Å²) in [5.41, 5.74) is 7.59. The SMILES string of the molecule is CC.CSc1cc(Oc2ccnc(C(=O)Nc3ccccc3)c2)ccc1N. The highest BCUT2D eigenvalue weighted by Crippen LogP contribution is 2.30. The van der Waals surface area contributed by atoms with E-state index in [9.17, 15) is 4.79 Å². The first-order valence-corrected chi connectivity index (χ1v) is 9.82. The van der Waals surface area contributed by atoms with Crippen molar-refractivity contribution < 1.29 is 9.53 Å². The molecule has 27 heavy (non-hydrogen) atoms. The number of ether oxygens (including phenoxy) is 1. The largest absolute Gasteiger partial charge is 0.457 e. The maximum Gasteiger partial charge on any atom is 0.274 e. The number of aromatic nitrogens is 1. The van der Waals surface area contributed by atoms with E-state index in [1.54, 1.807) is 42.2 Å². The lowest BCUT2D eigenvalue weighted by Crippen LogP contribution is -2.13. The first-order chi connectivity index (χ1) is 13.2. The summed E-state index contributed by atoms with van der Waals surface area (Å²) in [6, 6.07) is 18.0. The standard InChI is InChI=1S/C19H17N3O2S.C2H6/c1-25-18-12-14(7-8-16(18)20)24-15-9-10-21-17(11-15)19(23)22-13-5-3-2-4-6-13;1-2/h2-12H,20H2,1H3,(H,22,23);1-2H3. The summed E-state index contributed by atoms with van der Waals surface area (Å²) < 4.78 is 5.83. The third kappa shape index (κ3) is 5.76. The minimum atomic E-state index is -0.293. The van der Waals surface area contributed by atoms with Crippen molar-refractivity contribution in [2.24, 2.45) is 0 Å². The summed E-state index contributed by atoms with van der Waals surface area (Å²) in [6.45, 7) is 4.00. The van der Waals surface area contributed by atoms with E-state index in [2.05, 4.69) is 10.3 Å². The number of hydrogen-bond donors (Lipinski definition) is 2. The molecular weight excluding hydrogens is 358 g/mol. The van der Waals surface area contributed by atoms with Gasteiger partial charge in [0.25, 0.3) is 5.91 Å². The van der Waals surface area contributed by atoms with Crippen LogP contribution in [-0.2, 0) is 0 Å². The van der Waals surface area contributed by atoms with E-state index >= 15 is 0 Å². The molecule has 0 radical (unpaired) electrons. The summed E-state index contributed by atoms with van der Waals surface area (Å²) in [6.07, 6.45) is 3.50. The van der Waals surface area contributed by atoms with Gasteiger partial charge in [0.05, 0.1) is 0 Å². The number of rotatable bonds is 5. The van der Waals surface area contributed by atoms with Crippen LogP contribution in [0.1, 0.15) is 24.3 Å². The number of nitrogens with one attached hydrogen (secondary N) is 1. The fourth-order valence-corrected chi connectivity index (χ4v) is 2.74. The molecule has 3 rings (SSSR count). The smallest absolute Gasteiger partial charge is 0.274 e. The van der Waals surface area contributed by atoms with E-state index in [-0.39, 0.29) is 11.6 Å². The quantitative estimate of drug-likeness (QED) is 0.453. The molecule has 0 saturated heterocycles. The van der Waals surface area contributed by atoms with Crippen molar-refractivity contribution >= 4 is 29.0 Å². The average molecular weight is 382 g/mol. The molecule has 0 fully saturated rings. The Morgan fingerprint density at radius 3 is 2.44 bits per heavy atom. The number of anilines is 2. The van der Waals surface area contributed by atoms with Gasteiger partial charge >= 0.3 is 0 Å². The molecule has 0 aliphatic carbocycles. The Morgan fingerprint density at radius 2 is 1.74 bits per heavy atom. The zero-order valence-electron chi connectivity index (χ0n) is 15.6. The Bertz CT molecular complexity index is 886. The molecule has 0 aliphatic heterocycles. The lowest BCUT2D eigenvalue weighted by atomic mass is 10.2. The van der Waals surface area contributed by atoms with Gasteiger partial charge in [0.15, 0.2) is 0 Å². The fraction of sp³-hybridized carbons (Fsp3) is 0.143. The van der Waals surface area contributed by atoms with Crippen molar-refractivity contribution in [2.75, 3.05) is 17.3 Å². The van der Waals surface area contributed by atoms with Crippen LogP contribution in [0.3, 0.4) is 0 Å². The number of benzene rings is 2. The summed E-state index contributed by atoms with van der Waals surface area (Å²) in [5, 5.41) is 2.80. The van der Waals surface area contributed by atoms with Gasteiger partial charge in [-0.15, -0.1) is 11.8 Å². The van der Waals surface area contributed by atoms with E-state index in [1.807, 2.05) is 56.5 Å². The molecule has 0 atom stereocenters. The van der Waals surface area contributed by atoms with Gasteiger partial charge in [-0.3, -0.25) is 9.78 Å². The first kappa shape index (κ1) is 20.3. The molecule has 1 heterocycles. The van der Waals surface area contributed by atoms with Crippen LogP contribution in [0.15, 0.2) is 71.8 Å². The number of pyridine rings is 1. The van der Waals surface area contributed by atoms with Gasteiger partial charge in [0, 0.05) is 28.5 Å². The summed E-state index contributed by atoms with van der Waals surface area (Å²) in [5.74, 6) is 0.892. The number of nitrogens with two attached hydrogens (primary N) is 1. The molecule has 6 heteroatoms. The molecule has 0 spiro atoms. The number of para-hydroxylation sites is 1. The summed E-state index contributed by atoms with van der Waals surface area (Å²) >= 11 is 1.55. The summed E-state index contributed by atoms with van der Waals surface area (Å²) in [4.78, 5) is 17.4. The topological polar surface area (TPSA) is 77.2 Å². The fourth-order valence-electron chi connectivity index (χ4n) is 2.21. The van der Waals surface area contributed by atoms with Crippen LogP contribution in [-0.4, -0.2) is 17.1 Å². The number of thioether (sulfide) groups is 1. The van der Waals surface area contributed by atoms with E-state index in [4.69, 9.17) is 10.5 Å². The Hall–Kier alpha value is -2.99. The van der Waals surface area contributed by atoms with Gasteiger partial charge in [0.1, 0.15) is 17.2 Å². The van der Waals surface area contributed by atoms with Crippen LogP contribution in [0.5, 0.6) is 11.5 Å². The Kier molecular flexibility index (Phi) is 7.70. The second kappa shape index (κ2) is 10.2. The van der Waals surface area contributed by atoms with Crippen molar-refractivity contribution in [2.45, 2.75) is 18.7 Å². The molecular formula is C21H23N3O2S. The Labute approximate surface area is 164 Å². The minimum absolute atomic E-state index is 0.280. The molecule has 3 aromatic rings. The third-order valence-electron chi connectivity index (χ3n) is 3.44. The van der Waals surface area contributed by atoms with Crippen molar-refractivity contribution in [3.05, 3.63) is 72.6 Å². The average Bonchev–Trinajstić information content (AvgIpc) is 2.72. The maximum absolute atomic E-state index is 12.3. The molecule has 0 unspecified atom stereocenters. The van der Waals surface area contributed by atoms with Crippen LogP contribution in [0.2, 0.25) is 0 Å². The van der Waals surface area contributed by atoms with Crippen molar-refractivity contribution in [3.8, 4) is 11.5 Å². The van der Waals surface area contributed by atoms with E-state index < -0.39 is 0 Å². The normalized spacial score (nSPS) is 9.74. The summed E-state index contributed by atoms with van der Waals surface area (Å²) in [7, 11) is 0. The number of nitrogen functional groups attached to an aromatic ring is 1. The highest BCUT2D eigenvalue weighted by Gasteiger charge is 2.10. The van der Waals surface area contributed by atoms with Gasteiger partial charge in [-0.25, -0.2) is 0 Å². The zero-order chi connectivity index (χ0) is 19.6. The number of hydrogen-bond acceptors (Lipinski definition) is 5. The molecule has 0 saturated carbocycles. The molecule has 3 N–H and O–H groups in total. The first-order valence-electron chi connectivity index (χ1n) is 8.59. The number of carbonyl (C=O) groups excluding carboxylic acids is 1. The van der Waals surface area contributed by atoms with Crippen LogP contribution in [0, 0.1) is 0 Å². The van der Waals surface area contributed by atoms with Crippen molar-refractivity contribution in [1.82, 2.24) is 4.98 Å². The Morgan fingerprint density at radius 1 is 1.04 bits per heavy atom. The van der Waals surface area contributed by atoms with Crippen LogP contribution in [0.25, 0.3) is 0 Å². The van der Waals surface area contributed by atoms with Gasteiger partial charge in [-0.2, -0.15) is 0 Å².